The standard InChI is InChI=1S/C10H12FN3O3/c11-7-6-12-5-3-8(7)14-10(17)13-4-1-2-9(15)16/h3,5-6H,1-2,4H2,(H,15,16)(H2,12,13,14,17). The van der Waals surface area contributed by atoms with E-state index in [-0.39, 0.29) is 18.7 Å². The normalized spacial score (nSPS) is 9.71. The van der Waals surface area contributed by atoms with E-state index >= 15 is 0 Å². The highest BCUT2D eigenvalue weighted by molar-refractivity contribution is 5.89. The number of hydrogen-bond acceptors (Lipinski definition) is 3. The van der Waals surface area contributed by atoms with Gasteiger partial charge in [0, 0.05) is 19.2 Å². The fourth-order valence-electron chi connectivity index (χ4n) is 1.08. The van der Waals surface area contributed by atoms with Crippen molar-refractivity contribution in [3.63, 3.8) is 0 Å². The van der Waals surface area contributed by atoms with Gasteiger partial charge in [0.25, 0.3) is 0 Å². The van der Waals surface area contributed by atoms with Crippen LogP contribution in [0.4, 0.5) is 14.9 Å². The minimum Gasteiger partial charge on any atom is -0.481 e. The van der Waals surface area contributed by atoms with Crippen molar-refractivity contribution in [1.82, 2.24) is 10.3 Å². The van der Waals surface area contributed by atoms with Crippen LogP contribution in [0, 0.1) is 5.82 Å². The van der Waals surface area contributed by atoms with Gasteiger partial charge >= 0.3 is 12.0 Å². The van der Waals surface area contributed by atoms with Gasteiger partial charge in [-0.05, 0) is 12.5 Å². The number of hydrogen-bond donors (Lipinski definition) is 3. The molecule has 7 heteroatoms. The molecule has 1 rings (SSSR count). The largest absolute Gasteiger partial charge is 0.481 e. The Labute approximate surface area is 96.9 Å². The van der Waals surface area contributed by atoms with Crippen LogP contribution in [0.25, 0.3) is 0 Å². The number of carboxylic acids is 1. The summed E-state index contributed by atoms with van der Waals surface area (Å²) in [5, 5.41) is 13.1. The van der Waals surface area contributed by atoms with Crippen LogP contribution in [0.1, 0.15) is 12.8 Å². The number of aromatic nitrogens is 1. The molecule has 0 atom stereocenters. The first-order chi connectivity index (χ1) is 8.09. The first-order valence-corrected chi connectivity index (χ1v) is 4.96. The Morgan fingerprint density at radius 3 is 2.88 bits per heavy atom. The van der Waals surface area contributed by atoms with Crippen molar-refractivity contribution >= 4 is 17.7 Å². The zero-order chi connectivity index (χ0) is 12.7. The molecule has 0 aliphatic rings. The number of aliphatic carboxylic acids is 1. The average Bonchev–Trinajstić information content (AvgIpc) is 2.27. The van der Waals surface area contributed by atoms with Crippen molar-refractivity contribution in [1.29, 1.82) is 0 Å². The van der Waals surface area contributed by atoms with E-state index in [0.717, 1.165) is 6.20 Å². The van der Waals surface area contributed by atoms with Gasteiger partial charge in [0.05, 0.1) is 11.9 Å². The third-order valence-corrected chi connectivity index (χ3v) is 1.87. The van der Waals surface area contributed by atoms with Crippen LogP contribution in [-0.2, 0) is 4.79 Å². The summed E-state index contributed by atoms with van der Waals surface area (Å²) in [6.07, 6.45) is 2.63. The van der Waals surface area contributed by atoms with Gasteiger partial charge < -0.3 is 15.7 Å². The number of pyridine rings is 1. The zero-order valence-corrected chi connectivity index (χ0v) is 8.94. The van der Waals surface area contributed by atoms with Crippen molar-refractivity contribution in [2.75, 3.05) is 11.9 Å². The molecule has 0 bridgehead atoms. The number of rotatable bonds is 5. The third-order valence-electron chi connectivity index (χ3n) is 1.87. The van der Waals surface area contributed by atoms with Crippen LogP contribution < -0.4 is 10.6 Å². The zero-order valence-electron chi connectivity index (χ0n) is 8.94. The highest BCUT2D eigenvalue weighted by Gasteiger charge is 2.05. The highest BCUT2D eigenvalue weighted by atomic mass is 19.1. The van der Waals surface area contributed by atoms with Crippen LogP contribution in [0.5, 0.6) is 0 Å². The monoisotopic (exact) mass is 241 g/mol. The second-order valence-electron chi connectivity index (χ2n) is 3.23. The SMILES string of the molecule is O=C(O)CCCNC(=O)Nc1ccncc1F. The Morgan fingerprint density at radius 1 is 1.47 bits per heavy atom. The van der Waals surface area contributed by atoms with E-state index in [2.05, 4.69) is 15.6 Å². The maximum absolute atomic E-state index is 13.1. The lowest BCUT2D eigenvalue weighted by molar-refractivity contribution is -0.137. The summed E-state index contributed by atoms with van der Waals surface area (Å²) in [5.41, 5.74) is 0.0238. The van der Waals surface area contributed by atoms with Gasteiger partial charge in [-0.25, -0.2) is 9.18 Å². The molecule has 92 valence electrons. The Bertz CT molecular complexity index is 412. The molecule has 0 spiro atoms. The van der Waals surface area contributed by atoms with Crippen molar-refractivity contribution in [3.8, 4) is 0 Å². The van der Waals surface area contributed by atoms with Gasteiger partial charge in [0.15, 0.2) is 5.82 Å². The lowest BCUT2D eigenvalue weighted by atomic mass is 10.3. The topological polar surface area (TPSA) is 91.3 Å². The van der Waals surface area contributed by atoms with E-state index in [0.29, 0.717) is 6.42 Å². The third kappa shape index (κ3) is 4.92. The van der Waals surface area contributed by atoms with E-state index in [4.69, 9.17) is 5.11 Å². The van der Waals surface area contributed by atoms with Crippen LogP contribution in [0.2, 0.25) is 0 Å². The summed E-state index contributed by atoms with van der Waals surface area (Å²) in [5.74, 6) is -1.56. The second kappa shape index (κ2) is 6.41. The summed E-state index contributed by atoms with van der Waals surface area (Å²) >= 11 is 0. The Hall–Kier alpha value is -2.18. The van der Waals surface area contributed by atoms with Crippen molar-refractivity contribution < 1.29 is 19.1 Å². The van der Waals surface area contributed by atoms with E-state index in [1.165, 1.54) is 12.3 Å². The Balaban J connectivity index is 2.30. The summed E-state index contributed by atoms with van der Waals surface area (Å²) in [7, 11) is 0. The highest BCUT2D eigenvalue weighted by Crippen LogP contribution is 2.09. The molecule has 1 heterocycles. The molecule has 6 nitrogen and oxygen atoms in total. The summed E-state index contributed by atoms with van der Waals surface area (Å²) in [6, 6.07) is 0.743. The first-order valence-electron chi connectivity index (χ1n) is 4.96. The van der Waals surface area contributed by atoms with Gasteiger partial charge in [-0.2, -0.15) is 0 Å². The number of carboxylic acid groups (broad SMARTS) is 1. The maximum Gasteiger partial charge on any atom is 0.319 e. The predicted octanol–water partition coefficient (Wildman–Crippen LogP) is 1.21. The number of carbonyl (C=O) groups is 2. The molecule has 2 amide bonds. The fraction of sp³-hybridized carbons (Fsp3) is 0.300. The molecule has 0 fully saturated rings. The molecule has 0 unspecified atom stereocenters. The van der Waals surface area contributed by atoms with Gasteiger partial charge in [0.2, 0.25) is 0 Å². The van der Waals surface area contributed by atoms with Crippen LogP contribution in [-0.4, -0.2) is 28.6 Å². The van der Waals surface area contributed by atoms with Crippen molar-refractivity contribution in [2.24, 2.45) is 0 Å². The number of carbonyl (C=O) groups excluding carboxylic acids is 1. The van der Waals surface area contributed by atoms with E-state index in [1.807, 2.05) is 0 Å². The number of nitrogens with one attached hydrogen (secondary N) is 2. The van der Waals surface area contributed by atoms with Crippen LogP contribution in [0.3, 0.4) is 0 Å². The van der Waals surface area contributed by atoms with Gasteiger partial charge in [-0.3, -0.25) is 9.78 Å². The molecule has 17 heavy (non-hydrogen) atoms. The van der Waals surface area contributed by atoms with Crippen LogP contribution >= 0.6 is 0 Å². The average molecular weight is 241 g/mol. The Kier molecular flexibility index (Phi) is 4.86. The van der Waals surface area contributed by atoms with Gasteiger partial charge in [-0.1, -0.05) is 0 Å². The fourth-order valence-corrected chi connectivity index (χ4v) is 1.08. The summed E-state index contributed by atoms with van der Waals surface area (Å²) in [4.78, 5) is 25.0. The quantitative estimate of drug-likeness (QED) is 0.675. The maximum atomic E-state index is 13.1. The molecule has 1 aromatic rings. The van der Waals surface area contributed by atoms with Gasteiger partial charge in [0.1, 0.15) is 0 Å². The number of amides is 2. The number of halogens is 1. The molecule has 0 saturated heterocycles. The molecular weight excluding hydrogens is 229 g/mol. The lowest BCUT2D eigenvalue weighted by Gasteiger charge is -2.07. The molecule has 3 N–H and O–H groups in total. The van der Waals surface area contributed by atoms with Crippen molar-refractivity contribution in [3.05, 3.63) is 24.3 Å². The van der Waals surface area contributed by atoms with E-state index in [1.54, 1.807) is 0 Å². The second-order valence-corrected chi connectivity index (χ2v) is 3.23. The van der Waals surface area contributed by atoms with Crippen molar-refractivity contribution in [2.45, 2.75) is 12.8 Å². The molecule has 0 saturated carbocycles. The first kappa shape index (κ1) is 12.9. The predicted molar refractivity (Wildman–Crippen MR) is 58.1 cm³/mol. The molecule has 0 aliphatic heterocycles. The van der Waals surface area contributed by atoms with E-state index in [9.17, 15) is 14.0 Å². The smallest absolute Gasteiger partial charge is 0.319 e. The lowest BCUT2D eigenvalue weighted by Crippen LogP contribution is -2.30. The summed E-state index contributed by atoms with van der Waals surface area (Å²) < 4.78 is 13.1. The molecule has 0 aromatic carbocycles. The van der Waals surface area contributed by atoms with Gasteiger partial charge in [-0.15, -0.1) is 0 Å². The number of anilines is 1. The summed E-state index contributed by atoms with van der Waals surface area (Å²) in [6.45, 7) is 0.213. The molecular formula is C10H12FN3O3. The minimum atomic E-state index is -0.924. The minimum absolute atomic E-state index is 0.0238. The molecule has 1 aromatic heterocycles. The number of nitrogens with zero attached hydrogens (tertiary/aromatic N) is 1. The molecule has 0 aliphatic carbocycles. The Morgan fingerprint density at radius 2 is 2.24 bits per heavy atom. The molecule has 0 radical (unpaired) electrons. The number of urea groups is 1. The van der Waals surface area contributed by atoms with E-state index < -0.39 is 17.8 Å². The van der Waals surface area contributed by atoms with Crippen LogP contribution in [0.15, 0.2) is 18.5 Å².